The Morgan fingerprint density at radius 2 is 1.97 bits per heavy atom. The fourth-order valence-corrected chi connectivity index (χ4v) is 5.32. The molecule has 0 bridgehead atoms. The second kappa shape index (κ2) is 12.2. The molecule has 3 heterocycles. The second-order valence-corrected chi connectivity index (χ2v) is 9.94. The molecular formula is C21H27N5O9S2. The minimum absolute atomic E-state index is 0.0353. The number of hydrogen-bond donors (Lipinski definition) is 2. The molecule has 3 rings (SSSR count). The fourth-order valence-electron chi connectivity index (χ4n) is 3.45. The van der Waals surface area contributed by atoms with Crippen LogP contribution in [0.5, 0.6) is 0 Å². The Labute approximate surface area is 220 Å². The molecule has 16 heteroatoms. The Morgan fingerprint density at radius 1 is 1.24 bits per heavy atom. The fraction of sp³-hybridized carbons (Fsp3) is 0.524. The maximum atomic E-state index is 13.1. The predicted octanol–water partition coefficient (Wildman–Crippen LogP) is 0.827. The van der Waals surface area contributed by atoms with E-state index in [-0.39, 0.29) is 28.8 Å². The number of nitrogen functional groups attached to an aromatic ring is 1. The van der Waals surface area contributed by atoms with Crippen LogP contribution in [-0.2, 0) is 38.2 Å². The van der Waals surface area contributed by atoms with Gasteiger partial charge in [-0.3, -0.25) is 14.5 Å². The van der Waals surface area contributed by atoms with Crippen LogP contribution in [0.2, 0.25) is 0 Å². The van der Waals surface area contributed by atoms with E-state index in [2.05, 4.69) is 15.5 Å². The largest absolute Gasteiger partial charge is 0.511 e. The predicted molar refractivity (Wildman–Crippen MR) is 132 cm³/mol. The number of thioether (sulfide) groups is 1. The van der Waals surface area contributed by atoms with Gasteiger partial charge >= 0.3 is 12.1 Å². The number of β-lactam (4-membered cyclic amide) rings is 1. The van der Waals surface area contributed by atoms with Crippen LogP contribution in [0.15, 0.2) is 21.8 Å². The zero-order chi connectivity index (χ0) is 27.3. The summed E-state index contributed by atoms with van der Waals surface area (Å²) in [6, 6.07) is -0.961. The van der Waals surface area contributed by atoms with Crippen LogP contribution < -0.4 is 11.1 Å². The highest BCUT2D eigenvalue weighted by atomic mass is 32.2. The number of methoxy groups -OCH3 is 1. The van der Waals surface area contributed by atoms with Crippen molar-refractivity contribution in [3.05, 3.63) is 22.3 Å². The van der Waals surface area contributed by atoms with Crippen LogP contribution in [0.1, 0.15) is 26.5 Å². The van der Waals surface area contributed by atoms with Crippen molar-refractivity contribution in [3.8, 4) is 0 Å². The van der Waals surface area contributed by atoms with Crippen LogP contribution in [-0.4, -0.2) is 89.9 Å². The van der Waals surface area contributed by atoms with Crippen molar-refractivity contribution in [2.75, 3.05) is 32.3 Å². The van der Waals surface area contributed by atoms with Gasteiger partial charge in [0.05, 0.1) is 12.7 Å². The summed E-state index contributed by atoms with van der Waals surface area (Å²) in [4.78, 5) is 60.8. The first-order chi connectivity index (χ1) is 17.6. The lowest BCUT2D eigenvalue weighted by Crippen LogP contribution is -2.71. The highest BCUT2D eigenvalue weighted by Crippen LogP contribution is 2.41. The van der Waals surface area contributed by atoms with E-state index < -0.39 is 47.7 Å². The number of nitrogens with one attached hydrogen (secondary N) is 1. The summed E-state index contributed by atoms with van der Waals surface area (Å²) >= 11 is 2.45. The topological polar surface area (TPSA) is 181 Å². The standard InChI is InChI=1S/C21H27N5O9S2/c1-9(2)33-21(30)35-10(3)34-19(29)15-11(6-31-4)7-36-18-14(17(28)26(15)18)24-16(27)13(25-32-5)12-8-37-20(22)23-12/h8-10,14,18H,6-7H2,1-5H3,(H2,22,23)(H,24,27)/b25-13-/t10-,14-,18-/m1/s1. The summed E-state index contributed by atoms with van der Waals surface area (Å²) in [6.45, 7) is 4.68. The number of carbonyl (C=O) groups is 4. The van der Waals surface area contributed by atoms with E-state index in [1.54, 1.807) is 13.8 Å². The number of esters is 1. The van der Waals surface area contributed by atoms with E-state index in [4.69, 9.17) is 29.5 Å². The normalized spacial score (nSPS) is 20.1. The Hall–Kier alpha value is -3.37. The van der Waals surface area contributed by atoms with Crippen LogP contribution in [0.4, 0.5) is 9.93 Å². The average molecular weight is 558 g/mol. The summed E-state index contributed by atoms with van der Waals surface area (Å²) < 4.78 is 20.2. The van der Waals surface area contributed by atoms with Crippen molar-refractivity contribution in [1.82, 2.24) is 15.2 Å². The molecule has 2 aliphatic rings. The highest BCUT2D eigenvalue weighted by Gasteiger charge is 2.55. The second-order valence-electron chi connectivity index (χ2n) is 7.95. The molecule has 0 aliphatic carbocycles. The van der Waals surface area contributed by atoms with E-state index >= 15 is 0 Å². The lowest BCUT2D eigenvalue weighted by atomic mass is 10.0. The van der Waals surface area contributed by atoms with E-state index in [0.29, 0.717) is 11.3 Å². The van der Waals surface area contributed by atoms with Crippen molar-refractivity contribution < 1.29 is 43.0 Å². The number of aromatic nitrogens is 1. The number of anilines is 1. The maximum absolute atomic E-state index is 13.1. The first kappa shape index (κ1) is 28.2. The van der Waals surface area contributed by atoms with E-state index in [1.807, 2.05) is 0 Å². The lowest BCUT2D eigenvalue weighted by Gasteiger charge is -2.49. The van der Waals surface area contributed by atoms with E-state index in [1.165, 1.54) is 43.2 Å². The van der Waals surface area contributed by atoms with E-state index in [0.717, 1.165) is 11.3 Å². The zero-order valence-corrected chi connectivity index (χ0v) is 22.3. The number of nitrogens with zero attached hydrogens (tertiary/aromatic N) is 3. The molecule has 1 aromatic heterocycles. The van der Waals surface area contributed by atoms with Crippen molar-refractivity contribution in [2.45, 2.75) is 44.6 Å². The number of rotatable bonds is 10. The first-order valence-electron chi connectivity index (χ1n) is 10.9. The lowest BCUT2D eigenvalue weighted by molar-refractivity contribution is -0.169. The van der Waals surface area contributed by atoms with Crippen molar-refractivity contribution in [2.24, 2.45) is 5.16 Å². The third-order valence-corrected chi connectivity index (χ3v) is 6.89. The van der Waals surface area contributed by atoms with Gasteiger partial charge in [0.2, 0.25) is 6.29 Å². The van der Waals surface area contributed by atoms with Gasteiger partial charge in [-0.05, 0) is 19.4 Å². The Kier molecular flexibility index (Phi) is 9.34. The number of oxime groups is 1. The van der Waals surface area contributed by atoms with Crippen LogP contribution in [0.25, 0.3) is 0 Å². The molecule has 3 N–H and O–H groups in total. The Bertz CT molecular complexity index is 1120. The molecule has 1 fully saturated rings. The molecule has 0 unspecified atom stereocenters. The highest BCUT2D eigenvalue weighted by molar-refractivity contribution is 8.00. The van der Waals surface area contributed by atoms with Gasteiger partial charge in [0.25, 0.3) is 11.8 Å². The van der Waals surface area contributed by atoms with Gasteiger partial charge < -0.3 is 34.8 Å². The maximum Gasteiger partial charge on any atom is 0.511 e. The van der Waals surface area contributed by atoms with E-state index in [9.17, 15) is 19.2 Å². The molecule has 0 radical (unpaired) electrons. The summed E-state index contributed by atoms with van der Waals surface area (Å²) in [5.41, 5.74) is 6.15. The third-order valence-electron chi connectivity index (χ3n) is 4.88. The molecule has 0 aromatic carbocycles. The average Bonchev–Trinajstić information content (AvgIpc) is 3.25. The number of nitrogens with two attached hydrogens (primary N) is 1. The minimum Gasteiger partial charge on any atom is -0.431 e. The number of thiazole rings is 1. The first-order valence-corrected chi connectivity index (χ1v) is 12.9. The third kappa shape index (κ3) is 6.50. The minimum atomic E-state index is -1.28. The van der Waals surface area contributed by atoms with Gasteiger partial charge in [0.1, 0.15) is 29.9 Å². The van der Waals surface area contributed by atoms with Crippen LogP contribution >= 0.6 is 23.1 Å². The SMILES string of the molecule is COCC1=C(C(=O)O[C@@H](C)OC(=O)OC(C)C)N2C(=O)[C@@H](NC(=O)/C(=N\OC)c3csc(N)n3)[C@H]2SC1. The molecule has 14 nitrogen and oxygen atoms in total. The number of ether oxygens (including phenoxy) is 4. The number of hydrogen-bond acceptors (Lipinski definition) is 14. The number of fused-ring (bicyclic) bond motifs is 1. The van der Waals surface area contributed by atoms with Crippen molar-refractivity contribution in [1.29, 1.82) is 0 Å². The molecule has 37 heavy (non-hydrogen) atoms. The molecule has 1 saturated heterocycles. The van der Waals surface area contributed by atoms with Crippen molar-refractivity contribution >= 4 is 57.9 Å². The van der Waals surface area contributed by atoms with Gasteiger partial charge in [0, 0.05) is 25.2 Å². The molecule has 3 atom stereocenters. The molecule has 2 aliphatic heterocycles. The molecule has 1 aromatic rings. The van der Waals surface area contributed by atoms with Crippen LogP contribution in [0, 0.1) is 0 Å². The Balaban J connectivity index is 1.74. The zero-order valence-electron chi connectivity index (χ0n) is 20.7. The molecule has 2 amide bonds. The molecule has 0 saturated carbocycles. The summed E-state index contributed by atoms with van der Waals surface area (Å²) in [6.07, 6.45) is -2.71. The smallest absolute Gasteiger partial charge is 0.431 e. The van der Waals surface area contributed by atoms with Gasteiger partial charge in [-0.25, -0.2) is 14.6 Å². The quantitative estimate of drug-likeness (QED) is 0.136. The van der Waals surface area contributed by atoms with Gasteiger partial charge in [-0.15, -0.1) is 23.1 Å². The van der Waals surface area contributed by atoms with Gasteiger partial charge in [0.15, 0.2) is 10.8 Å². The summed E-state index contributed by atoms with van der Waals surface area (Å²) in [5.74, 6) is -1.81. The molecule has 202 valence electrons. The van der Waals surface area contributed by atoms with Gasteiger partial charge in [-0.1, -0.05) is 5.16 Å². The number of carbonyl (C=O) groups excluding carboxylic acids is 4. The van der Waals surface area contributed by atoms with Crippen molar-refractivity contribution in [3.63, 3.8) is 0 Å². The number of amides is 2. The monoisotopic (exact) mass is 557 g/mol. The van der Waals surface area contributed by atoms with Crippen LogP contribution in [0.3, 0.4) is 0 Å². The molecule has 0 spiro atoms. The Morgan fingerprint density at radius 3 is 2.57 bits per heavy atom. The summed E-state index contributed by atoms with van der Waals surface area (Å²) in [7, 11) is 2.71. The molecular weight excluding hydrogens is 530 g/mol. The summed E-state index contributed by atoms with van der Waals surface area (Å²) in [5, 5.41) is 7.49. The van der Waals surface area contributed by atoms with Gasteiger partial charge in [-0.2, -0.15) is 0 Å².